The molecule has 0 aliphatic carbocycles. The van der Waals surface area contributed by atoms with Crippen LogP contribution in [0.25, 0.3) is 17.4 Å². The minimum Gasteiger partial charge on any atom is -0.474 e. The molecular formula is C9H6N4O4. The Morgan fingerprint density at radius 2 is 2.35 bits per heavy atom. The summed E-state index contributed by atoms with van der Waals surface area (Å²) in [5.74, 6) is -0.944. The van der Waals surface area contributed by atoms with Gasteiger partial charge in [-0.15, -0.1) is 0 Å². The van der Waals surface area contributed by atoms with Crippen molar-refractivity contribution in [1.82, 2.24) is 19.5 Å². The van der Waals surface area contributed by atoms with Crippen molar-refractivity contribution in [2.45, 2.75) is 6.92 Å². The van der Waals surface area contributed by atoms with Crippen LogP contribution in [0.1, 0.15) is 16.4 Å². The number of aryl methyl sites for hydroxylation is 1. The van der Waals surface area contributed by atoms with Crippen LogP contribution in [-0.2, 0) is 0 Å². The zero-order valence-electron chi connectivity index (χ0n) is 8.62. The van der Waals surface area contributed by atoms with Gasteiger partial charge in [0.25, 0.3) is 0 Å². The van der Waals surface area contributed by atoms with Crippen molar-refractivity contribution in [3.63, 3.8) is 0 Å². The van der Waals surface area contributed by atoms with E-state index in [9.17, 15) is 4.79 Å². The Kier molecular flexibility index (Phi) is 1.79. The Morgan fingerprint density at radius 3 is 3.00 bits per heavy atom. The number of carbonyl (C=O) groups is 1. The molecule has 1 N–H and O–H groups in total. The molecule has 0 fully saturated rings. The molecule has 17 heavy (non-hydrogen) atoms. The highest BCUT2D eigenvalue weighted by Gasteiger charge is 2.20. The first-order chi connectivity index (χ1) is 8.16. The Balaban J connectivity index is 2.16. The van der Waals surface area contributed by atoms with Crippen molar-refractivity contribution in [2.75, 3.05) is 0 Å². The first kappa shape index (κ1) is 9.58. The number of hydrogen-bond donors (Lipinski definition) is 1. The van der Waals surface area contributed by atoms with Crippen molar-refractivity contribution in [3.05, 3.63) is 24.0 Å². The molecule has 86 valence electrons. The maximum absolute atomic E-state index is 10.6. The number of hydrogen-bond acceptors (Lipinski definition) is 6. The van der Waals surface area contributed by atoms with Crippen molar-refractivity contribution < 1.29 is 18.8 Å². The number of imidazole rings is 1. The minimum absolute atomic E-state index is 0.0883. The molecule has 0 unspecified atom stereocenters. The smallest absolute Gasteiger partial charge is 0.394 e. The van der Waals surface area contributed by atoms with E-state index in [2.05, 4.69) is 19.6 Å². The summed E-state index contributed by atoms with van der Waals surface area (Å²) in [6.07, 6.45) is 3.31. The Morgan fingerprint density at radius 1 is 1.53 bits per heavy atom. The fourth-order valence-corrected chi connectivity index (χ4v) is 1.51. The minimum atomic E-state index is -1.28. The Bertz CT molecular complexity index is 708. The average molecular weight is 234 g/mol. The van der Waals surface area contributed by atoms with Gasteiger partial charge in [0.05, 0.1) is 5.69 Å². The summed E-state index contributed by atoms with van der Waals surface area (Å²) in [7, 11) is 0. The van der Waals surface area contributed by atoms with E-state index in [-0.39, 0.29) is 5.82 Å². The lowest BCUT2D eigenvalue weighted by molar-refractivity contribution is 0.0643. The van der Waals surface area contributed by atoms with E-state index >= 15 is 0 Å². The number of carboxylic acids is 1. The summed E-state index contributed by atoms with van der Waals surface area (Å²) < 4.78 is 11.7. The van der Waals surface area contributed by atoms with Gasteiger partial charge in [-0.2, -0.15) is 4.98 Å². The molecule has 0 aliphatic heterocycles. The summed E-state index contributed by atoms with van der Waals surface area (Å²) in [5.41, 5.74) is 0.718. The number of aromatic nitrogens is 4. The molecule has 3 rings (SSSR count). The molecule has 0 aliphatic rings. The maximum Gasteiger partial charge on any atom is 0.394 e. The zero-order chi connectivity index (χ0) is 12.0. The fourth-order valence-electron chi connectivity index (χ4n) is 1.51. The van der Waals surface area contributed by atoms with E-state index in [1.807, 2.05) is 0 Å². The second-order valence-electron chi connectivity index (χ2n) is 3.32. The molecule has 0 amide bonds. The first-order valence-electron chi connectivity index (χ1n) is 4.66. The van der Waals surface area contributed by atoms with Gasteiger partial charge in [-0.05, 0) is 6.92 Å². The summed E-state index contributed by atoms with van der Waals surface area (Å²) in [5, 5.41) is 12.2. The van der Waals surface area contributed by atoms with Gasteiger partial charge in [0, 0.05) is 12.4 Å². The average Bonchev–Trinajstić information content (AvgIpc) is 2.95. The normalized spacial score (nSPS) is 11.1. The van der Waals surface area contributed by atoms with Gasteiger partial charge < -0.3 is 14.0 Å². The van der Waals surface area contributed by atoms with Crippen molar-refractivity contribution in [2.24, 2.45) is 0 Å². The second kappa shape index (κ2) is 3.17. The standard InChI is InChI=1S/C9H6N4O4/c1-4-5(16-9-10-2-3-13(4)9)6-11-7(8(14)15)17-12-6/h2-3H,1H3,(H,14,15). The fraction of sp³-hybridized carbons (Fsp3) is 0.111. The highest BCUT2D eigenvalue weighted by molar-refractivity contribution is 5.82. The van der Waals surface area contributed by atoms with Crippen LogP contribution in [-0.4, -0.2) is 30.6 Å². The lowest BCUT2D eigenvalue weighted by Crippen LogP contribution is -1.95. The Hall–Kier alpha value is -2.64. The second-order valence-corrected chi connectivity index (χ2v) is 3.32. The van der Waals surface area contributed by atoms with Gasteiger partial charge in [-0.25, -0.2) is 9.78 Å². The highest BCUT2D eigenvalue weighted by atomic mass is 16.5. The number of fused-ring (bicyclic) bond motifs is 1. The molecule has 0 atom stereocenters. The molecular weight excluding hydrogens is 228 g/mol. The van der Waals surface area contributed by atoms with Crippen molar-refractivity contribution in [3.8, 4) is 11.6 Å². The number of nitrogens with zero attached hydrogens (tertiary/aromatic N) is 4. The van der Waals surface area contributed by atoms with Crippen LogP contribution >= 0.6 is 0 Å². The summed E-state index contributed by atoms with van der Waals surface area (Å²) in [6, 6.07) is 0. The molecule has 3 aromatic heterocycles. The predicted octanol–water partition coefficient (Wildman–Crippen LogP) is 0.984. The van der Waals surface area contributed by atoms with Crippen LogP contribution in [0.2, 0.25) is 0 Å². The molecule has 8 nitrogen and oxygen atoms in total. The van der Waals surface area contributed by atoms with E-state index in [1.54, 1.807) is 23.7 Å². The lowest BCUT2D eigenvalue weighted by Gasteiger charge is -1.88. The molecule has 8 heteroatoms. The molecule has 3 heterocycles. The van der Waals surface area contributed by atoms with Gasteiger partial charge in [0.2, 0.25) is 5.82 Å². The van der Waals surface area contributed by atoms with E-state index in [4.69, 9.17) is 9.52 Å². The molecule has 0 saturated carbocycles. The largest absolute Gasteiger partial charge is 0.474 e. The zero-order valence-corrected chi connectivity index (χ0v) is 8.62. The topological polar surface area (TPSA) is 107 Å². The van der Waals surface area contributed by atoms with Gasteiger partial charge in [0.15, 0.2) is 5.76 Å². The maximum atomic E-state index is 10.6. The third kappa shape index (κ3) is 1.30. The third-order valence-corrected chi connectivity index (χ3v) is 2.30. The molecule has 0 saturated heterocycles. The molecule has 0 aromatic carbocycles. The van der Waals surface area contributed by atoms with Crippen molar-refractivity contribution >= 4 is 11.8 Å². The highest BCUT2D eigenvalue weighted by Crippen LogP contribution is 2.24. The number of carboxylic acid groups (broad SMARTS) is 1. The van der Waals surface area contributed by atoms with Crippen LogP contribution in [0.15, 0.2) is 21.3 Å². The number of oxazole rings is 1. The number of aromatic carboxylic acids is 1. The predicted molar refractivity (Wildman–Crippen MR) is 52.4 cm³/mol. The molecule has 0 radical (unpaired) electrons. The molecule has 0 spiro atoms. The quantitative estimate of drug-likeness (QED) is 0.704. The Labute approximate surface area is 93.5 Å². The van der Waals surface area contributed by atoms with Crippen LogP contribution in [0.4, 0.5) is 0 Å². The van der Waals surface area contributed by atoms with Crippen LogP contribution in [0.5, 0.6) is 0 Å². The van der Waals surface area contributed by atoms with Crippen LogP contribution in [0.3, 0.4) is 0 Å². The van der Waals surface area contributed by atoms with Crippen LogP contribution < -0.4 is 0 Å². The summed E-state index contributed by atoms with van der Waals surface area (Å²) in [6.45, 7) is 1.78. The van der Waals surface area contributed by atoms with Gasteiger partial charge >= 0.3 is 17.7 Å². The summed E-state index contributed by atoms with van der Waals surface area (Å²) in [4.78, 5) is 18.3. The lowest BCUT2D eigenvalue weighted by atomic mass is 10.3. The molecule has 0 bridgehead atoms. The van der Waals surface area contributed by atoms with E-state index in [1.165, 1.54) is 0 Å². The SMILES string of the molecule is Cc1c(-c2noc(C(=O)O)n2)oc2nccn12. The monoisotopic (exact) mass is 234 g/mol. The van der Waals surface area contributed by atoms with Crippen molar-refractivity contribution in [1.29, 1.82) is 0 Å². The van der Waals surface area contributed by atoms with Gasteiger partial charge in [-0.1, -0.05) is 5.16 Å². The summed E-state index contributed by atoms with van der Waals surface area (Å²) >= 11 is 0. The van der Waals surface area contributed by atoms with E-state index in [0.29, 0.717) is 11.6 Å². The van der Waals surface area contributed by atoms with Gasteiger partial charge in [-0.3, -0.25) is 4.40 Å². The van der Waals surface area contributed by atoms with Gasteiger partial charge in [0.1, 0.15) is 0 Å². The number of rotatable bonds is 2. The molecule has 3 aromatic rings. The van der Waals surface area contributed by atoms with E-state index < -0.39 is 11.9 Å². The van der Waals surface area contributed by atoms with Crippen LogP contribution in [0, 0.1) is 6.92 Å². The third-order valence-electron chi connectivity index (χ3n) is 2.30. The van der Waals surface area contributed by atoms with E-state index in [0.717, 1.165) is 5.69 Å². The first-order valence-corrected chi connectivity index (χ1v) is 4.66.